The molecule has 0 saturated carbocycles. The first-order valence-corrected chi connectivity index (χ1v) is 8.68. The van der Waals surface area contributed by atoms with Gasteiger partial charge < -0.3 is 14.5 Å². The number of oxazole rings is 1. The molecule has 0 fully saturated rings. The molecule has 1 N–H and O–H groups in total. The van der Waals surface area contributed by atoms with Crippen LogP contribution in [0.3, 0.4) is 0 Å². The smallest absolute Gasteiger partial charge is 0.229 e. The van der Waals surface area contributed by atoms with Crippen molar-refractivity contribution in [2.24, 2.45) is 0 Å². The fourth-order valence-corrected chi connectivity index (χ4v) is 2.73. The van der Waals surface area contributed by atoms with Crippen molar-refractivity contribution >= 4 is 0 Å². The van der Waals surface area contributed by atoms with Crippen molar-refractivity contribution in [3.8, 4) is 17.2 Å². The molecule has 0 saturated heterocycles. The molecule has 0 radical (unpaired) electrons. The summed E-state index contributed by atoms with van der Waals surface area (Å²) in [6.07, 6.45) is 6.53. The van der Waals surface area contributed by atoms with E-state index in [1.54, 1.807) is 6.26 Å². The molecular formula is C19H28N2O2. The zero-order valence-corrected chi connectivity index (χ0v) is 14.5. The molecule has 1 aromatic heterocycles. The summed E-state index contributed by atoms with van der Waals surface area (Å²) in [5.41, 5.74) is 1.84. The van der Waals surface area contributed by atoms with Crippen molar-refractivity contribution in [3.63, 3.8) is 0 Å². The number of rotatable bonds is 10. The van der Waals surface area contributed by atoms with Gasteiger partial charge in [0.05, 0.1) is 17.9 Å². The van der Waals surface area contributed by atoms with E-state index < -0.39 is 0 Å². The number of hydrogen-bond acceptors (Lipinski definition) is 4. The van der Waals surface area contributed by atoms with Gasteiger partial charge in [-0.05, 0) is 31.9 Å². The molecule has 0 aliphatic rings. The molecule has 0 aliphatic heterocycles. The van der Waals surface area contributed by atoms with Gasteiger partial charge in [0.2, 0.25) is 5.89 Å². The Balaban J connectivity index is 2.03. The van der Waals surface area contributed by atoms with E-state index in [9.17, 15) is 0 Å². The van der Waals surface area contributed by atoms with Crippen LogP contribution in [-0.4, -0.2) is 17.6 Å². The molecule has 4 heteroatoms. The Hall–Kier alpha value is -1.81. The minimum Gasteiger partial charge on any atom is -0.493 e. The van der Waals surface area contributed by atoms with Crippen molar-refractivity contribution in [1.82, 2.24) is 10.3 Å². The van der Waals surface area contributed by atoms with Gasteiger partial charge in [-0.1, -0.05) is 38.8 Å². The average Bonchev–Trinajstić information content (AvgIpc) is 3.03. The van der Waals surface area contributed by atoms with Crippen LogP contribution >= 0.6 is 0 Å². The first-order chi connectivity index (χ1) is 11.3. The van der Waals surface area contributed by atoms with E-state index in [4.69, 9.17) is 9.15 Å². The van der Waals surface area contributed by atoms with Gasteiger partial charge in [-0.2, -0.15) is 0 Å². The SMILES string of the molecule is CCCC(CCC)NCc1coc(-c2ccccc2OCC)n1. The summed E-state index contributed by atoms with van der Waals surface area (Å²) in [6, 6.07) is 8.41. The lowest BCUT2D eigenvalue weighted by molar-refractivity contribution is 0.340. The summed E-state index contributed by atoms with van der Waals surface area (Å²) in [6.45, 7) is 7.79. The first kappa shape index (κ1) is 17.5. The molecule has 1 heterocycles. The molecule has 0 aliphatic carbocycles. The molecule has 2 aromatic rings. The van der Waals surface area contributed by atoms with Crippen molar-refractivity contribution < 1.29 is 9.15 Å². The van der Waals surface area contributed by atoms with Crippen LogP contribution in [0.4, 0.5) is 0 Å². The Bertz CT molecular complexity index is 574. The quantitative estimate of drug-likeness (QED) is 0.684. The zero-order valence-electron chi connectivity index (χ0n) is 14.5. The maximum absolute atomic E-state index is 5.66. The monoisotopic (exact) mass is 316 g/mol. The lowest BCUT2D eigenvalue weighted by Crippen LogP contribution is -2.28. The highest BCUT2D eigenvalue weighted by atomic mass is 16.5. The standard InChI is InChI=1S/C19H28N2O2/c1-4-9-15(10-5-2)20-13-16-14-23-19(21-16)17-11-7-8-12-18(17)22-6-3/h7-8,11-12,14-15,20H,4-6,9-10,13H2,1-3H3. The van der Waals surface area contributed by atoms with E-state index in [0.717, 1.165) is 23.6 Å². The summed E-state index contributed by atoms with van der Waals surface area (Å²) in [5.74, 6) is 1.43. The van der Waals surface area contributed by atoms with E-state index >= 15 is 0 Å². The lowest BCUT2D eigenvalue weighted by Gasteiger charge is -2.16. The highest BCUT2D eigenvalue weighted by molar-refractivity contribution is 5.62. The van der Waals surface area contributed by atoms with Crippen LogP contribution in [0, 0.1) is 0 Å². The fraction of sp³-hybridized carbons (Fsp3) is 0.526. The predicted octanol–water partition coefficient (Wildman–Crippen LogP) is 4.80. The number of hydrogen-bond donors (Lipinski definition) is 1. The Labute approximate surface area is 139 Å². The van der Waals surface area contributed by atoms with Gasteiger partial charge in [-0.3, -0.25) is 0 Å². The second-order valence-electron chi connectivity index (χ2n) is 5.73. The van der Waals surface area contributed by atoms with Crippen molar-refractivity contribution in [1.29, 1.82) is 0 Å². The molecule has 2 rings (SSSR count). The second-order valence-corrected chi connectivity index (χ2v) is 5.73. The third-order valence-corrected chi connectivity index (χ3v) is 3.82. The number of para-hydroxylation sites is 1. The maximum atomic E-state index is 5.66. The largest absolute Gasteiger partial charge is 0.493 e. The van der Waals surface area contributed by atoms with Gasteiger partial charge >= 0.3 is 0 Å². The predicted molar refractivity (Wildman–Crippen MR) is 93.6 cm³/mol. The van der Waals surface area contributed by atoms with Crippen LogP contribution in [0.25, 0.3) is 11.5 Å². The van der Waals surface area contributed by atoms with Crippen LogP contribution in [0.5, 0.6) is 5.75 Å². The average molecular weight is 316 g/mol. The van der Waals surface area contributed by atoms with Crippen LogP contribution in [-0.2, 0) is 6.54 Å². The summed E-state index contributed by atoms with van der Waals surface area (Å²) in [4.78, 5) is 4.61. The zero-order chi connectivity index (χ0) is 16.5. The molecule has 0 bridgehead atoms. The molecule has 0 unspecified atom stereocenters. The minimum atomic E-state index is 0.556. The molecule has 1 aromatic carbocycles. The summed E-state index contributed by atoms with van der Waals surface area (Å²) in [5, 5.41) is 3.59. The van der Waals surface area contributed by atoms with Gasteiger partial charge in [0.15, 0.2) is 0 Å². The summed E-state index contributed by atoms with van der Waals surface area (Å²) >= 11 is 0. The number of nitrogens with zero attached hydrogens (tertiary/aromatic N) is 1. The number of aromatic nitrogens is 1. The van der Waals surface area contributed by atoms with E-state index in [1.807, 2.05) is 31.2 Å². The third-order valence-electron chi connectivity index (χ3n) is 3.82. The van der Waals surface area contributed by atoms with Crippen LogP contribution in [0.2, 0.25) is 0 Å². The molecule has 0 atom stereocenters. The van der Waals surface area contributed by atoms with Gasteiger partial charge in [-0.15, -0.1) is 0 Å². The molecule has 4 nitrogen and oxygen atoms in total. The maximum Gasteiger partial charge on any atom is 0.229 e. The Kier molecular flexibility index (Phi) is 7.14. The van der Waals surface area contributed by atoms with Crippen molar-refractivity contribution in [2.45, 2.75) is 59.0 Å². The molecule has 0 spiro atoms. The molecule has 126 valence electrons. The summed E-state index contributed by atoms with van der Waals surface area (Å²) < 4.78 is 11.3. The van der Waals surface area contributed by atoms with E-state index in [2.05, 4.69) is 24.1 Å². The Morgan fingerprint density at radius 1 is 1.13 bits per heavy atom. The van der Waals surface area contributed by atoms with Crippen molar-refractivity contribution in [3.05, 3.63) is 36.2 Å². The molecular weight excluding hydrogens is 288 g/mol. The topological polar surface area (TPSA) is 47.3 Å². The van der Waals surface area contributed by atoms with Gasteiger partial charge in [0.25, 0.3) is 0 Å². The van der Waals surface area contributed by atoms with E-state index in [0.29, 0.717) is 18.5 Å². The first-order valence-electron chi connectivity index (χ1n) is 8.68. The van der Waals surface area contributed by atoms with E-state index in [1.165, 1.54) is 25.7 Å². The third kappa shape index (κ3) is 5.10. The number of benzene rings is 1. The van der Waals surface area contributed by atoms with Crippen LogP contribution < -0.4 is 10.1 Å². The Morgan fingerprint density at radius 3 is 2.57 bits per heavy atom. The van der Waals surface area contributed by atoms with Gasteiger partial charge in [0, 0.05) is 12.6 Å². The Morgan fingerprint density at radius 2 is 1.87 bits per heavy atom. The fourth-order valence-electron chi connectivity index (χ4n) is 2.73. The van der Waals surface area contributed by atoms with Crippen LogP contribution in [0.1, 0.15) is 52.1 Å². The van der Waals surface area contributed by atoms with Crippen LogP contribution in [0.15, 0.2) is 34.9 Å². The molecule has 23 heavy (non-hydrogen) atoms. The van der Waals surface area contributed by atoms with Gasteiger partial charge in [0.1, 0.15) is 12.0 Å². The number of nitrogens with one attached hydrogen (secondary N) is 1. The highest BCUT2D eigenvalue weighted by Crippen LogP contribution is 2.29. The lowest BCUT2D eigenvalue weighted by atomic mass is 10.1. The number of ether oxygens (including phenoxy) is 1. The second kappa shape index (κ2) is 9.36. The molecule has 0 amide bonds. The van der Waals surface area contributed by atoms with Gasteiger partial charge in [-0.25, -0.2) is 4.98 Å². The normalized spacial score (nSPS) is 11.1. The van der Waals surface area contributed by atoms with E-state index in [-0.39, 0.29) is 0 Å². The summed E-state index contributed by atoms with van der Waals surface area (Å²) in [7, 11) is 0. The van der Waals surface area contributed by atoms with Crippen molar-refractivity contribution in [2.75, 3.05) is 6.61 Å². The minimum absolute atomic E-state index is 0.556. The highest BCUT2D eigenvalue weighted by Gasteiger charge is 2.13.